The normalized spacial score (nSPS) is 9.89. The molecule has 2 heterocycles. The van der Waals surface area contributed by atoms with E-state index < -0.39 is 11.8 Å². The lowest BCUT2D eigenvalue weighted by Gasteiger charge is -2.08. The van der Waals surface area contributed by atoms with Crippen molar-refractivity contribution in [1.29, 1.82) is 5.26 Å². The zero-order valence-corrected chi connectivity index (χ0v) is 14.2. The van der Waals surface area contributed by atoms with Crippen LogP contribution < -0.4 is 10.6 Å². The minimum atomic E-state index is -0.503. The summed E-state index contributed by atoms with van der Waals surface area (Å²) in [6.45, 7) is 0.257. The molecule has 1 aromatic carbocycles. The Hall–Kier alpha value is -4.05. The summed E-state index contributed by atoms with van der Waals surface area (Å²) in [5.74, 6) is -0.912. The maximum absolute atomic E-state index is 12.4. The van der Waals surface area contributed by atoms with Gasteiger partial charge in [-0.15, -0.1) is 0 Å². The van der Waals surface area contributed by atoms with Crippen molar-refractivity contribution >= 4 is 17.5 Å². The van der Waals surface area contributed by atoms with Crippen LogP contribution in [0.1, 0.15) is 32.2 Å². The van der Waals surface area contributed by atoms with E-state index in [1.54, 1.807) is 48.7 Å². The SMILES string of the molecule is N#Cc1ccccc1NC(=O)c1cccc(C(=O)NCc2ccccn2)n1. The van der Waals surface area contributed by atoms with Gasteiger partial charge in [0.1, 0.15) is 17.5 Å². The third kappa shape index (κ3) is 4.52. The third-order valence-electron chi connectivity index (χ3n) is 3.67. The van der Waals surface area contributed by atoms with Crippen molar-refractivity contribution < 1.29 is 9.59 Å². The van der Waals surface area contributed by atoms with E-state index in [2.05, 4.69) is 20.6 Å². The van der Waals surface area contributed by atoms with Crippen molar-refractivity contribution in [2.45, 2.75) is 6.54 Å². The molecular weight excluding hydrogens is 342 g/mol. The van der Waals surface area contributed by atoms with E-state index >= 15 is 0 Å². The molecule has 132 valence electrons. The first kappa shape index (κ1) is 17.8. The molecule has 2 aromatic heterocycles. The van der Waals surface area contributed by atoms with Crippen molar-refractivity contribution in [1.82, 2.24) is 15.3 Å². The number of anilines is 1. The molecule has 0 radical (unpaired) electrons. The van der Waals surface area contributed by atoms with Gasteiger partial charge in [-0.05, 0) is 36.4 Å². The molecule has 27 heavy (non-hydrogen) atoms. The second-order valence-corrected chi connectivity index (χ2v) is 5.52. The zero-order valence-electron chi connectivity index (χ0n) is 14.2. The Balaban J connectivity index is 1.70. The minimum Gasteiger partial charge on any atom is -0.345 e. The first-order chi connectivity index (χ1) is 13.2. The second kappa shape index (κ2) is 8.36. The molecule has 7 heteroatoms. The number of amides is 2. The zero-order chi connectivity index (χ0) is 19.1. The van der Waals surface area contributed by atoms with Crippen molar-refractivity contribution in [2.24, 2.45) is 0 Å². The minimum absolute atomic E-state index is 0.0771. The number of para-hydroxylation sites is 1. The van der Waals surface area contributed by atoms with E-state index in [0.29, 0.717) is 16.9 Å². The number of carbonyl (C=O) groups is 2. The number of benzene rings is 1. The quantitative estimate of drug-likeness (QED) is 0.729. The standard InChI is InChI=1S/C20H15N5O2/c21-12-14-6-1-2-8-16(14)25-20(27)18-10-5-9-17(24-18)19(26)23-13-15-7-3-4-11-22-15/h1-11H,13H2,(H,23,26)(H,25,27). The number of pyridine rings is 2. The summed E-state index contributed by atoms with van der Waals surface area (Å²) in [5, 5.41) is 14.4. The maximum Gasteiger partial charge on any atom is 0.274 e. The number of nitrogens with zero attached hydrogens (tertiary/aromatic N) is 3. The monoisotopic (exact) mass is 357 g/mol. The van der Waals surface area contributed by atoms with Gasteiger partial charge in [0.25, 0.3) is 11.8 Å². The van der Waals surface area contributed by atoms with Gasteiger partial charge in [0.05, 0.1) is 23.5 Å². The molecule has 3 aromatic rings. The molecule has 7 nitrogen and oxygen atoms in total. The average molecular weight is 357 g/mol. The molecule has 0 aliphatic carbocycles. The Labute approximate surface area is 155 Å². The molecule has 0 atom stereocenters. The van der Waals surface area contributed by atoms with Crippen molar-refractivity contribution in [2.75, 3.05) is 5.32 Å². The summed E-state index contributed by atoms with van der Waals surface area (Å²) in [7, 11) is 0. The van der Waals surface area contributed by atoms with E-state index in [9.17, 15) is 9.59 Å². The molecule has 0 bridgehead atoms. The van der Waals surface area contributed by atoms with Crippen LogP contribution in [0.3, 0.4) is 0 Å². The highest BCUT2D eigenvalue weighted by Gasteiger charge is 2.14. The van der Waals surface area contributed by atoms with Crippen LogP contribution in [0.15, 0.2) is 66.9 Å². The number of nitrogens with one attached hydrogen (secondary N) is 2. The number of aromatic nitrogens is 2. The molecule has 0 saturated carbocycles. The van der Waals surface area contributed by atoms with E-state index in [4.69, 9.17) is 5.26 Å². The van der Waals surface area contributed by atoms with Crippen molar-refractivity contribution in [3.63, 3.8) is 0 Å². The number of hydrogen-bond acceptors (Lipinski definition) is 5. The molecule has 0 aliphatic heterocycles. The Bertz CT molecular complexity index is 1010. The van der Waals surface area contributed by atoms with Crippen LogP contribution in [0.4, 0.5) is 5.69 Å². The Morgan fingerprint density at radius 1 is 0.926 bits per heavy atom. The average Bonchev–Trinajstić information content (AvgIpc) is 2.73. The topological polar surface area (TPSA) is 108 Å². The molecule has 0 unspecified atom stereocenters. The highest BCUT2D eigenvalue weighted by molar-refractivity contribution is 6.04. The number of nitriles is 1. The fourth-order valence-corrected chi connectivity index (χ4v) is 2.33. The predicted octanol–water partition coefficient (Wildman–Crippen LogP) is 2.53. The summed E-state index contributed by atoms with van der Waals surface area (Å²) >= 11 is 0. The van der Waals surface area contributed by atoms with Crippen LogP contribution in [-0.4, -0.2) is 21.8 Å². The molecule has 2 amide bonds. The number of hydrogen-bond donors (Lipinski definition) is 2. The highest BCUT2D eigenvalue weighted by atomic mass is 16.2. The summed E-state index contributed by atoms with van der Waals surface area (Å²) in [6, 6.07) is 18.7. The van der Waals surface area contributed by atoms with Crippen LogP contribution in [0.2, 0.25) is 0 Å². The first-order valence-electron chi connectivity index (χ1n) is 8.13. The van der Waals surface area contributed by atoms with Gasteiger partial charge in [-0.3, -0.25) is 14.6 Å². The molecule has 0 saturated heterocycles. The van der Waals surface area contributed by atoms with Crippen LogP contribution >= 0.6 is 0 Å². The van der Waals surface area contributed by atoms with Gasteiger partial charge in [-0.1, -0.05) is 24.3 Å². The largest absolute Gasteiger partial charge is 0.345 e. The fraction of sp³-hybridized carbons (Fsp3) is 0.0500. The van der Waals surface area contributed by atoms with Gasteiger partial charge in [0.15, 0.2) is 0 Å². The Morgan fingerprint density at radius 2 is 1.67 bits per heavy atom. The lowest BCUT2D eigenvalue weighted by atomic mass is 10.2. The molecular formula is C20H15N5O2. The van der Waals surface area contributed by atoms with E-state index in [-0.39, 0.29) is 17.9 Å². The molecule has 2 N–H and O–H groups in total. The summed E-state index contributed by atoms with van der Waals surface area (Å²) < 4.78 is 0. The van der Waals surface area contributed by atoms with Gasteiger partial charge in [-0.25, -0.2) is 4.98 Å². The second-order valence-electron chi connectivity index (χ2n) is 5.52. The molecule has 0 spiro atoms. The Kier molecular flexibility index (Phi) is 5.50. The van der Waals surface area contributed by atoms with Crippen LogP contribution in [0.25, 0.3) is 0 Å². The van der Waals surface area contributed by atoms with Gasteiger partial charge >= 0.3 is 0 Å². The van der Waals surface area contributed by atoms with E-state index in [0.717, 1.165) is 0 Å². The van der Waals surface area contributed by atoms with Crippen molar-refractivity contribution in [3.05, 3.63) is 89.5 Å². The third-order valence-corrected chi connectivity index (χ3v) is 3.67. The van der Waals surface area contributed by atoms with Gasteiger partial charge in [0, 0.05) is 6.20 Å². The highest BCUT2D eigenvalue weighted by Crippen LogP contribution is 2.14. The number of carbonyl (C=O) groups excluding carboxylic acids is 2. The van der Waals surface area contributed by atoms with Crippen molar-refractivity contribution in [3.8, 4) is 6.07 Å². The van der Waals surface area contributed by atoms with Crippen LogP contribution in [-0.2, 0) is 6.54 Å². The predicted molar refractivity (Wildman–Crippen MR) is 98.8 cm³/mol. The molecule has 0 fully saturated rings. The molecule has 0 aliphatic rings. The van der Waals surface area contributed by atoms with Gasteiger partial charge in [0.2, 0.25) is 0 Å². The van der Waals surface area contributed by atoms with Crippen LogP contribution in [0, 0.1) is 11.3 Å². The summed E-state index contributed by atoms with van der Waals surface area (Å²) in [6.07, 6.45) is 1.64. The lowest BCUT2D eigenvalue weighted by Crippen LogP contribution is -2.25. The lowest BCUT2D eigenvalue weighted by molar-refractivity contribution is 0.0945. The number of rotatable bonds is 5. The fourth-order valence-electron chi connectivity index (χ4n) is 2.33. The van der Waals surface area contributed by atoms with Crippen LogP contribution in [0.5, 0.6) is 0 Å². The maximum atomic E-state index is 12.4. The summed E-state index contributed by atoms with van der Waals surface area (Å²) in [4.78, 5) is 32.9. The molecule has 3 rings (SSSR count). The van der Waals surface area contributed by atoms with E-state index in [1.165, 1.54) is 12.1 Å². The van der Waals surface area contributed by atoms with E-state index in [1.807, 2.05) is 12.1 Å². The van der Waals surface area contributed by atoms with Gasteiger partial charge in [-0.2, -0.15) is 5.26 Å². The first-order valence-corrected chi connectivity index (χ1v) is 8.13. The Morgan fingerprint density at radius 3 is 2.41 bits per heavy atom. The smallest absolute Gasteiger partial charge is 0.274 e. The van der Waals surface area contributed by atoms with Gasteiger partial charge < -0.3 is 10.6 Å². The summed E-state index contributed by atoms with van der Waals surface area (Å²) in [5.41, 5.74) is 1.64.